The highest BCUT2D eigenvalue weighted by atomic mass is 19.1. The molecule has 1 aromatic carbocycles. The van der Waals surface area contributed by atoms with E-state index in [2.05, 4.69) is 5.10 Å². The van der Waals surface area contributed by atoms with Gasteiger partial charge in [-0.1, -0.05) is 12.1 Å². The molecule has 1 heterocycles. The Morgan fingerprint density at radius 1 is 1.24 bits per heavy atom. The number of aromatic nitrogens is 2. The van der Waals surface area contributed by atoms with Crippen LogP contribution in [0.1, 0.15) is 11.3 Å². The molecular weight excluding hydrogens is 217 g/mol. The van der Waals surface area contributed by atoms with Crippen LogP contribution in [0.4, 0.5) is 4.39 Å². The van der Waals surface area contributed by atoms with Crippen molar-refractivity contribution >= 4 is 0 Å². The van der Waals surface area contributed by atoms with E-state index in [1.807, 2.05) is 19.3 Å². The third-order valence-corrected chi connectivity index (χ3v) is 2.65. The second kappa shape index (κ2) is 5.10. The highest BCUT2D eigenvalue weighted by Gasteiger charge is 2.07. The maximum Gasteiger partial charge on any atom is 0.123 e. The Labute approximate surface area is 100 Å². The molecular formula is C13H16FN3. The Bertz CT molecular complexity index is 476. The molecule has 0 fully saturated rings. The van der Waals surface area contributed by atoms with Crippen LogP contribution in [-0.4, -0.2) is 15.8 Å². The minimum absolute atomic E-state index is 0.00959. The van der Waals surface area contributed by atoms with E-state index in [-0.39, 0.29) is 11.9 Å². The molecule has 0 bridgehead atoms. The normalized spacial score (nSPS) is 12.6. The van der Waals surface area contributed by atoms with E-state index in [0.29, 0.717) is 0 Å². The molecule has 3 nitrogen and oxygen atoms in total. The summed E-state index contributed by atoms with van der Waals surface area (Å²) in [5.74, 6) is -0.216. The third kappa shape index (κ3) is 3.39. The molecule has 1 unspecified atom stereocenters. The van der Waals surface area contributed by atoms with Gasteiger partial charge < -0.3 is 5.73 Å². The van der Waals surface area contributed by atoms with E-state index in [1.54, 1.807) is 16.8 Å². The minimum Gasteiger partial charge on any atom is -0.327 e. The van der Waals surface area contributed by atoms with Crippen molar-refractivity contribution in [2.24, 2.45) is 12.8 Å². The van der Waals surface area contributed by atoms with Gasteiger partial charge in [-0.05, 0) is 30.2 Å². The highest BCUT2D eigenvalue weighted by Crippen LogP contribution is 2.07. The number of rotatable bonds is 4. The van der Waals surface area contributed by atoms with Crippen LogP contribution < -0.4 is 5.73 Å². The largest absolute Gasteiger partial charge is 0.327 e. The van der Waals surface area contributed by atoms with Crippen LogP contribution in [0.25, 0.3) is 0 Å². The van der Waals surface area contributed by atoms with Crippen molar-refractivity contribution in [3.8, 4) is 0 Å². The number of benzene rings is 1. The van der Waals surface area contributed by atoms with Gasteiger partial charge in [0.1, 0.15) is 5.82 Å². The fraction of sp³-hybridized carbons (Fsp3) is 0.308. The quantitative estimate of drug-likeness (QED) is 0.873. The second-order valence-electron chi connectivity index (χ2n) is 4.28. The van der Waals surface area contributed by atoms with E-state index in [1.165, 1.54) is 12.1 Å². The van der Waals surface area contributed by atoms with Gasteiger partial charge in [0.15, 0.2) is 0 Å². The molecule has 0 saturated carbocycles. The standard InChI is InChI=1S/C13H16FN3/c1-17-7-6-13(16-17)9-12(15)8-10-2-4-11(14)5-3-10/h2-7,12H,8-9,15H2,1H3. The molecule has 17 heavy (non-hydrogen) atoms. The maximum absolute atomic E-state index is 12.7. The molecule has 0 amide bonds. The fourth-order valence-electron chi connectivity index (χ4n) is 1.84. The summed E-state index contributed by atoms with van der Waals surface area (Å²) in [5, 5.41) is 4.28. The van der Waals surface area contributed by atoms with E-state index in [0.717, 1.165) is 24.1 Å². The maximum atomic E-state index is 12.7. The lowest BCUT2D eigenvalue weighted by Gasteiger charge is -2.09. The van der Waals surface area contributed by atoms with Crippen molar-refractivity contribution in [2.75, 3.05) is 0 Å². The molecule has 2 aromatic rings. The molecule has 0 radical (unpaired) electrons. The molecule has 0 aliphatic rings. The summed E-state index contributed by atoms with van der Waals surface area (Å²) in [6.45, 7) is 0. The van der Waals surface area contributed by atoms with Crippen LogP contribution in [0.2, 0.25) is 0 Å². The van der Waals surface area contributed by atoms with Gasteiger partial charge in [0.2, 0.25) is 0 Å². The Balaban J connectivity index is 1.93. The van der Waals surface area contributed by atoms with Crippen molar-refractivity contribution in [2.45, 2.75) is 18.9 Å². The van der Waals surface area contributed by atoms with Crippen LogP contribution in [0.5, 0.6) is 0 Å². The Kier molecular flexibility index (Phi) is 3.54. The summed E-state index contributed by atoms with van der Waals surface area (Å²) in [6.07, 6.45) is 3.37. The summed E-state index contributed by atoms with van der Waals surface area (Å²) in [5.41, 5.74) is 8.08. The number of halogens is 1. The van der Waals surface area contributed by atoms with Crippen LogP contribution in [0, 0.1) is 5.82 Å². The SMILES string of the molecule is Cn1ccc(CC(N)Cc2ccc(F)cc2)n1. The summed E-state index contributed by atoms with van der Waals surface area (Å²) < 4.78 is 14.5. The number of hydrogen-bond donors (Lipinski definition) is 1. The highest BCUT2D eigenvalue weighted by molar-refractivity contribution is 5.17. The van der Waals surface area contributed by atoms with E-state index in [4.69, 9.17) is 5.73 Å². The number of hydrogen-bond acceptors (Lipinski definition) is 2. The van der Waals surface area contributed by atoms with Gasteiger partial charge in [-0.2, -0.15) is 5.10 Å². The minimum atomic E-state index is -0.216. The first-order chi connectivity index (χ1) is 8.13. The predicted molar refractivity (Wildman–Crippen MR) is 65.0 cm³/mol. The van der Waals surface area contributed by atoms with E-state index in [9.17, 15) is 4.39 Å². The van der Waals surface area contributed by atoms with Crippen LogP contribution in [-0.2, 0) is 19.9 Å². The predicted octanol–water partition coefficient (Wildman–Crippen LogP) is 1.67. The number of nitrogens with zero attached hydrogens (tertiary/aromatic N) is 2. The Morgan fingerprint density at radius 2 is 1.94 bits per heavy atom. The average molecular weight is 233 g/mol. The van der Waals surface area contributed by atoms with Gasteiger partial charge in [-0.15, -0.1) is 0 Å². The first-order valence-corrected chi connectivity index (χ1v) is 5.62. The zero-order valence-corrected chi connectivity index (χ0v) is 9.81. The molecule has 4 heteroatoms. The number of aryl methyl sites for hydroxylation is 1. The lowest BCUT2D eigenvalue weighted by atomic mass is 10.0. The van der Waals surface area contributed by atoms with Gasteiger partial charge in [-0.3, -0.25) is 4.68 Å². The third-order valence-electron chi connectivity index (χ3n) is 2.65. The lowest BCUT2D eigenvalue weighted by Crippen LogP contribution is -2.25. The molecule has 2 rings (SSSR count). The van der Waals surface area contributed by atoms with Gasteiger partial charge in [0.25, 0.3) is 0 Å². The Morgan fingerprint density at radius 3 is 2.53 bits per heavy atom. The zero-order chi connectivity index (χ0) is 12.3. The summed E-state index contributed by atoms with van der Waals surface area (Å²) in [7, 11) is 1.88. The van der Waals surface area contributed by atoms with Crippen LogP contribution in [0.3, 0.4) is 0 Å². The molecule has 1 aromatic heterocycles. The van der Waals surface area contributed by atoms with Crippen LogP contribution >= 0.6 is 0 Å². The van der Waals surface area contributed by atoms with Gasteiger partial charge in [0.05, 0.1) is 5.69 Å². The molecule has 90 valence electrons. The molecule has 0 aliphatic heterocycles. The summed E-state index contributed by atoms with van der Waals surface area (Å²) in [6, 6.07) is 8.44. The number of nitrogens with two attached hydrogens (primary N) is 1. The topological polar surface area (TPSA) is 43.8 Å². The summed E-state index contributed by atoms with van der Waals surface area (Å²) in [4.78, 5) is 0. The lowest BCUT2D eigenvalue weighted by molar-refractivity contribution is 0.620. The van der Waals surface area contributed by atoms with Gasteiger partial charge in [-0.25, -0.2) is 4.39 Å². The van der Waals surface area contributed by atoms with Crippen molar-refractivity contribution in [1.29, 1.82) is 0 Å². The van der Waals surface area contributed by atoms with E-state index < -0.39 is 0 Å². The Hall–Kier alpha value is -1.68. The first kappa shape index (κ1) is 11.8. The first-order valence-electron chi connectivity index (χ1n) is 5.62. The molecule has 0 saturated heterocycles. The smallest absolute Gasteiger partial charge is 0.123 e. The van der Waals surface area contributed by atoms with Crippen molar-refractivity contribution < 1.29 is 4.39 Å². The average Bonchev–Trinajstić information content (AvgIpc) is 2.67. The van der Waals surface area contributed by atoms with Crippen molar-refractivity contribution in [1.82, 2.24) is 9.78 Å². The monoisotopic (exact) mass is 233 g/mol. The second-order valence-corrected chi connectivity index (χ2v) is 4.28. The van der Waals surface area contributed by atoms with Gasteiger partial charge in [0, 0.05) is 25.7 Å². The van der Waals surface area contributed by atoms with Crippen molar-refractivity contribution in [3.63, 3.8) is 0 Å². The van der Waals surface area contributed by atoms with Gasteiger partial charge >= 0.3 is 0 Å². The fourth-order valence-corrected chi connectivity index (χ4v) is 1.84. The molecule has 0 spiro atoms. The zero-order valence-electron chi connectivity index (χ0n) is 9.81. The summed E-state index contributed by atoms with van der Waals surface area (Å²) >= 11 is 0. The van der Waals surface area contributed by atoms with Crippen molar-refractivity contribution in [3.05, 3.63) is 53.6 Å². The van der Waals surface area contributed by atoms with Crippen LogP contribution in [0.15, 0.2) is 36.5 Å². The molecule has 2 N–H and O–H groups in total. The van der Waals surface area contributed by atoms with E-state index >= 15 is 0 Å². The molecule has 1 atom stereocenters. The molecule has 0 aliphatic carbocycles.